The van der Waals surface area contributed by atoms with Gasteiger partial charge in [-0.05, 0) is 36.9 Å². The van der Waals surface area contributed by atoms with Gasteiger partial charge in [0.2, 0.25) is 5.91 Å². The van der Waals surface area contributed by atoms with Crippen molar-refractivity contribution >= 4 is 34.7 Å². The minimum atomic E-state index is 0.00531. The van der Waals surface area contributed by atoms with Crippen LogP contribution in [0.4, 0.5) is 5.69 Å². The van der Waals surface area contributed by atoms with Gasteiger partial charge >= 0.3 is 0 Å². The predicted molar refractivity (Wildman–Crippen MR) is 89.3 cm³/mol. The van der Waals surface area contributed by atoms with E-state index in [0.717, 1.165) is 28.6 Å². The van der Waals surface area contributed by atoms with E-state index in [1.54, 1.807) is 11.3 Å². The molecule has 0 aliphatic carbocycles. The summed E-state index contributed by atoms with van der Waals surface area (Å²) in [5.41, 5.74) is 1.73. The molecule has 0 aliphatic rings. The third-order valence-electron chi connectivity index (χ3n) is 2.70. The number of thiazole rings is 1. The summed E-state index contributed by atoms with van der Waals surface area (Å²) in [5, 5.41) is 5.98. The van der Waals surface area contributed by atoms with Crippen LogP contribution < -0.4 is 10.1 Å². The summed E-state index contributed by atoms with van der Waals surface area (Å²) >= 11 is 3.16. The number of thioether (sulfide) groups is 1. The highest BCUT2D eigenvalue weighted by Gasteiger charge is 2.03. The fourth-order valence-corrected chi connectivity index (χ4v) is 2.76. The van der Waals surface area contributed by atoms with Crippen molar-refractivity contribution < 1.29 is 9.53 Å². The molecule has 21 heavy (non-hydrogen) atoms. The second kappa shape index (κ2) is 8.05. The topological polar surface area (TPSA) is 51.2 Å². The van der Waals surface area contributed by atoms with Gasteiger partial charge in [-0.3, -0.25) is 4.79 Å². The van der Waals surface area contributed by atoms with Crippen molar-refractivity contribution in [1.82, 2.24) is 4.98 Å². The molecule has 0 saturated carbocycles. The predicted octanol–water partition coefficient (Wildman–Crippen LogP) is 3.59. The van der Waals surface area contributed by atoms with Crippen LogP contribution in [0.1, 0.15) is 17.6 Å². The van der Waals surface area contributed by atoms with Crippen LogP contribution in [-0.2, 0) is 17.8 Å². The average molecular weight is 322 g/mol. The third-order valence-corrected chi connectivity index (χ3v) is 4.29. The number of rotatable bonds is 7. The second-order valence-electron chi connectivity index (χ2n) is 4.38. The van der Waals surface area contributed by atoms with Crippen LogP contribution in [0.25, 0.3) is 0 Å². The van der Waals surface area contributed by atoms with Gasteiger partial charge in [0.1, 0.15) is 12.4 Å². The van der Waals surface area contributed by atoms with E-state index in [9.17, 15) is 4.79 Å². The molecule has 4 nitrogen and oxygen atoms in total. The highest BCUT2D eigenvalue weighted by molar-refractivity contribution is 7.99. The molecule has 1 aromatic carbocycles. The lowest BCUT2D eigenvalue weighted by Gasteiger charge is -2.07. The molecule has 0 unspecified atom stereocenters. The maximum atomic E-state index is 11.5. The summed E-state index contributed by atoms with van der Waals surface area (Å²) in [6.07, 6.45) is 2.86. The van der Waals surface area contributed by atoms with Crippen LogP contribution in [-0.4, -0.2) is 22.9 Å². The molecule has 6 heteroatoms. The van der Waals surface area contributed by atoms with Gasteiger partial charge < -0.3 is 10.1 Å². The molecule has 0 bridgehead atoms. The van der Waals surface area contributed by atoms with E-state index in [-0.39, 0.29) is 5.91 Å². The lowest BCUT2D eigenvalue weighted by molar-refractivity contribution is -0.113. The number of ether oxygens (including phenoxy) is 1. The minimum absolute atomic E-state index is 0.00531. The van der Waals surface area contributed by atoms with E-state index in [0.29, 0.717) is 12.4 Å². The van der Waals surface area contributed by atoms with E-state index in [4.69, 9.17) is 4.74 Å². The quantitative estimate of drug-likeness (QED) is 0.846. The van der Waals surface area contributed by atoms with Crippen molar-refractivity contribution in [3.63, 3.8) is 0 Å². The van der Waals surface area contributed by atoms with Gasteiger partial charge in [0.05, 0.1) is 16.5 Å². The molecule has 2 aromatic rings. The van der Waals surface area contributed by atoms with Gasteiger partial charge in [-0.1, -0.05) is 6.92 Å². The van der Waals surface area contributed by atoms with Crippen molar-refractivity contribution in [1.29, 1.82) is 0 Å². The Balaban J connectivity index is 1.85. The molecule has 112 valence electrons. The van der Waals surface area contributed by atoms with Crippen molar-refractivity contribution in [2.75, 3.05) is 17.3 Å². The molecule has 1 amide bonds. The molecule has 0 atom stereocenters. The van der Waals surface area contributed by atoms with Crippen LogP contribution in [0.3, 0.4) is 0 Å². The first-order chi connectivity index (χ1) is 10.2. The molecule has 0 radical (unpaired) electrons. The Kier molecular flexibility index (Phi) is 6.07. The SMILES string of the molecule is CCc1nc(COc2ccc(NC(=O)CSC)cc2)cs1. The van der Waals surface area contributed by atoms with Gasteiger partial charge in [-0.15, -0.1) is 11.3 Å². The first kappa shape index (κ1) is 15.9. The molecular weight excluding hydrogens is 304 g/mol. The minimum Gasteiger partial charge on any atom is -0.487 e. The van der Waals surface area contributed by atoms with Crippen LogP contribution in [0.5, 0.6) is 5.75 Å². The summed E-state index contributed by atoms with van der Waals surface area (Å²) in [4.78, 5) is 15.9. The molecule has 0 fully saturated rings. The highest BCUT2D eigenvalue weighted by Crippen LogP contribution is 2.18. The van der Waals surface area contributed by atoms with E-state index >= 15 is 0 Å². The Hall–Kier alpha value is -1.53. The maximum Gasteiger partial charge on any atom is 0.234 e. The number of hydrogen-bond acceptors (Lipinski definition) is 5. The molecular formula is C15H18N2O2S2. The van der Waals surface area contributed by atoms with Crippen LogP contribution in [0.2, 0.25) is 0 Å². The normalized spacial score (nSPS) is 10.4. The Morgan fingerprint density at radius 3 is 2.76 bits per heavy atom. The standard InChI is InChI=1S/C15H18N2O2S2/c1-3-15-17-12(9-21-15)8-19-13-6-4-11(5-7-13)16-14(18)10-20-2/h4-7,9H,3,8,10H2,1-2H3,(H,16,18). The number of aromatic nitrogens is 1. The molecule has 1 N–H and O–H groups in total. The Bertz CT molecular complexity index is 582. The van der Waals surface area contributed by atoms with Gasteiger partial charge in [0, 0.05) is 11.1 Å². The molecule has 0 spiro atoms. The average Bonchev–Trinajstić information content (AvgIpc) is 2.95. The summed E-state index contributed by atoms with van der Waals surface area (Å²) in [7, 11) is 0. The Labute approximate surface area is 132 Å². The maximum absolute atomic E-state index is 11.5. The van der Waals surface area contributed by atoms with Gasteiger partial charge in [-0.2, -0.15) is 11.8 Å². The molecule has 0 saturated heterocycles. The third kappa shape index (κ3) is 5.06. The number of amides is 1. The van der Waals surface area contributed by atoms with Gasteiger partial charge in [0.15, 0.2) is 0 Å². The summed E-state index contributed by atoms with van der Waals surface area (Å²) in [6, 6.07) is 7.38. The van der Waals surface area contributed by atoms with E-state index in [2.05, 4.69) is 17.2 Å². The number of anilines is 1. The zero-order valence-corrected chi connectivity index (χ0v) is 13.7. The van der Waals surface area contributed by atoms with E-state index in [1.807, 2.05) is 35.9 Å². The van der Waals surface area contributed by atoms with E-state index in [1.165, 1.54) is 11.8 Å². The molecule has 2 rings (SSSR count). The fourth-order valence-electron chi connectivity index (χ4n) is 1.70. The second-order valence-corrected chi connectivity index (χ2v) is 6.19. The molecule has 0 aliphatic heterocycles. The largest absolute Gasteiger partial charge is 0.487 e. The monoisotopic (exact) mass is 322 g/mol. The Morgan fingerprint density at radius 1 is 1.38 bits per heavy atom. The van der Waals surface area contributed by atoms with Crippen LogP contribution in [0, 0.1) is 0 Å². The summed E-state index contributed by atoms with van der Waals surface area (Å²) < 4.78 is 5.68. The number of carbonyl (C=O) groups is 1. The van der Waals surface area contributed by atoms with Gasteiger partial charge in [-0.25, -0.2) is 4.98 Å². The number of benzene rings is 1. The zero-order valence-electron chi connectivity index (χ0n) is 12.1. The lowest BCUT2D eigenvalue weighted by Crippen LogP contribution is -2.13. The number of nitrogens with zero attached hydrogens (tertiary/aromatic N) is 1. The van der Waals surface area contributed by atoms with Crippen molar-refractivity contribution in [3.05, 3.63) is 40.3 Å². The molecule has 1 heterocycles. The lowest BCUT2D eigenvalue weighted by atomic mass is 10.3. The smallest absolute Gasteiger partial charge is 0.234 e. The first-order valence-electron chi connectivity index (χ1n) is 6.66. The summed E-state index contributed by atoms with van der Waals surface area (Å²) in [5.74, 6) is 1.23. The number of aryl methyl sites for hydroxylation is 1. The first-order valence-corrected chi connectivity index (χ1v) is 8.93. The number of carbonyl (C=O) groups excluding carboxylic acids is 1. The van der Waals surface area contributed by atoms with Crippen LogP contribution >= 0.6 is 23.1 Å². The van der Waals surface area contributed by atoms with Gasteiger partial charge in [0.25, 0.3) is 0 Å². The van der Waals surface area contributed by atoms with Crippen molar-refractivity contribution in [2.45, 2.75) is 20.0 Å². The van der Waals surface area contributed by atoms with Crippen LogP contribution in [0.15, 0.2) is 29.6 Å². The number of nitrogens with one attached hydrogen (secondary N) is 1. The fraction of sp³-hybridized carbons (Fsp3) is 0.333. The Morgan fingerprint density at radius 2 is 2.14 bits per heavy atom. The van der Waals surface area contributed by atoms with Crippen molar-refractivity contribution in [2.24, 2.45) is 0 Å². The van der Waals surface area contributed by atoms with Crippen molar-refractivity contribution in [3.8, 4) is 5.75 Å². The van der Waals surface area contributed by atoms with E-state index < -0.39 is 0 Å². The zero-order chi connectivity index (χ0) is 15.1. The number of hydrogen-bond donors (Lipinski definition) is 1. The highest BCUT2D eigenvalue weighted by atomic mass is 32.2. The summed E-state index contributed by atoms with van der Waals surface area (Å²) in [6.45, 7) is 2.56. The molecule has 1 aromatic heterocycles.